The van der Waals surface area contributed by atoms with Gasteiger partial charge >= 0.3 is 0 Å². The highest BCUT2D eigenvalue weighted by Gasteiger charge is 2.28. The maximum Gasteiger partial charge on any atom is 0.124 e. The number of hydrogen-bond donors (Lipinski definition) is 0. The second kappa shape index (κ2) is 7.35. The third kappa shape index (κ3) is 3.86. The summed E-state index contributed by atoms with van der Waals surface area (Å²) in [4.78, 5) is 4.70. The Kier molecular flexibility index (Phi) is 5.21. The summed E-state index contributed by atoms with van der Waals surface area (Å²) < 4.78 is 5.98. The first-order chi connectivity index (χ1) is 11.1. The number of benzene rings is 2. The quantitative estimate of drug-likeness (QED) is 0.850. The Hall–Kier alpha value is -1.55. The predicted octanol–water partition coefficient (Wildman–Crippen LogP) is 3.69. The van der Waals surface area contributed by atoms with Gasteiger partial charge in [-0.2, -0.15) is 0 Å². The predicted molar refractivity (Wildman–Crippen MR) is 95.4 cm³/mol. The summed E-state index contributed by atoms with van der Waals surface area (Å²) in [5.74, 6) is 0.940. The Labute approximate surface area is 143 Å². The van der Waals surface area contributed by atoms with E-state index in [9.17, 15) is 0 Å². The van der Waals surface area contributed by atoms with Crippen molar-refractivity contribution in [3.63, 3.8) is 0 Å². The summed E-state index contributed by atoms with van der Waals surface area (Å²) in [6.07, 6.45) is 0. The molecule has 122 valence electrons. The van der Waals surface area contributed by atoms with Crippen molar-refractivity contribution in [3.8, 4) is 5.75 Å². The van der Waals surface area contributed by atoms with Gasteiger partial charge in [-0.05, 0) is 37.9 Å². The van der Waals surface area contributed by atoms with Gasteiger partial charge in [-0.15, -0.1) is 0 Å². The molecule has 23 heavy (non-hydrogen) atoms. The molecule has 1 atom stereocenters. The van der Waals surface area contributed by atoms with Crippen LogP contribution in [0.2, 0.25) is 5.02 Å². The van der Waals surface area contributed by atoms with Gasteiger partial charge in [0.05, 0.1) is 6.04 Å². The number of hydrogen-bond acceptors (Lipinski definition) is 3. The van der Waals surface area contributed by atoms with E-state index in [0.717, 1.165) is 36.0 Å². The van der Waals surface area contributed by atoms with Gasteiger partial charge in [0.25, 0.3) is 0 Å². The first kappa shape index (κ1) is 16.3. The third-order valence-corrected chi connectivity index (χ3v) is 4.45. The molecule has 0 saturated heterocycles. The number of nitrogens with zero attached hydrogens (tertiary/aromatic N) is 2. The smallest absolute Gasteiger partial charge is 0.124 e. The Morgan fingerprint density at radius 1 is 1.17 bits per heavy atom. The number of fused-ring (bicyclic) bond motifs is 1. The minimum Gasteiger partial charge on any atom is -0.492 e. The fraction of sp³-hybridized carbons (Fsp3) is 0.368. The molecule has 0 saturated carbocycles. The molecular formula is C19H23ClN2O. The molecule has 0 amide bonds. The molecule has 1 aliphatic heterocycles. The Morgan fingerprint density at radius 3 is 2.70 bits per heavy atom. The SMILES string of the molecule is CN(C)CCN1CCOc2ccc(Cl)cc2C1c1ccccc1. The lowest BCUT2D eigenvalue weighted by molar-refractivity contribution is 0.185. The van der Waals surface area contributed by atoms with Crippen molar-refractivity contribution in [2.45, 2.75) is 6.04 Å². The van der Waals surface area contributed by atoms with Crippen LogP contribution in [0.3, 0.4) is 0 Å². The maximum atomic E-state index is 6.28. The molecule has 0 fully saturated rings. The maximum absolute atomic E-state index is 6.28. The number of halogens is 1. The van der Waals surface area contributed by atoms with E-state index in [1.54, 1.807) is 0 Å². The van der Waals surface area contributed by atoms with E-state index in [1.807, 2.05) is 18.2 Å². The van der Waals surface area contributed by atoms with Gasteiger partial charge in [0.1, 0.15) is 12.4 Å². The van der Waals surface area contributed by atoms with Crippen LogP contribution >= 0.6 is 11.6 Å². The normalized spacial score (nSPS) is 18.3. The molecule has 0 N–H and O–H groups in total. The Bertz CT molecular complexity index is 645. The highest BCUT2D eigenvalue weighted by molar-refractivity contribution is 6.30. The van der Waals surface area contributed by atoms with Gasteiger partial charge in [0.2, 0.25) is 0 Å². The summed E-state index contributed by atoms with van der Waals surface area (Å²) >= 11 is 6.28. The van der Waals surface area contributed by atoms with Crippen molar-refractivity contribution >= 4 is 11.6 Å². The van der Waals surface area contributed by atoms with Crippen LogP contribution in [-0.4, -0.2) is 50.1 Å². The molecule has 3 nitrogen and oxygen atoms in total. The molecule has 0 spiro atoms. The van der Waals surface area contributed by atoms with Crippen molar-refractivity contribution in [1.82, 2.24) is 9.80 Å². The zero-order chi connectivity index (χ0) is 16.2. The largest absolute Gasteiger partial charge is 0.492 e. The van der Waals surface area contributed by atoms with E-state index in [0.29, 0.717) is 6.61 Å². The van der Waals surface area contributed by atoms with Gasteiger partial charge in [-0.3, -0.25) is 4.90 Å². The fourth-order valence-electron chi connectivity index (χ4n) is 3.06. The zero-order valence-electron chi connectivity index (χ0n) is 13.7. The summed E-state index contributed by atoms with van der Waals surface area (Å²) in [5.41, 5.74) is 2.43. The van der Waals surface area contributed by atoms with Gasteiger partial charge in [-0.25, -0.2) is 0 Å². The first-order valence-electron chi connectivity index (χ1n) is 8.01. The summed E-state index contributed by atoms with van der Waals surface area (Å²) in [5, 5.41) is 0.753. The first-order valence-corrected chi connectivity index (χ1v) is 8.39. The lowest BCUT2D eigenvalue weighted by Crippen LogP contribution is -2.36. The molecule has 1 aliphatic rings. The van der Waals surface area contributed by atoms with Crippen LogP contribution < -0.4 is 4.74 Å². The molecule has 3 rings (SSSR count). The second-order valence-electron chi connectivity index (χ2n) is 6.18. The third-order valence-electron chi connectivity index (χ3n) is 4.22. The summed E-state index contributed by atoms with van der Waals surface area (Å²) in [6, 6.07) is 16.7. The topological polar surface area (TPSA) is 15.7 Å². The van der Waals surface area contributed by atoms with Gasteiger partial charge < -0.3 is 9.64 Å². The monoisotopic (exact) mass is 330 g/mol. The molecule has 0 bridgehead atoms. The standard InChI is InChI=1S/C19H23ClN2O/c1-21(2)10-11-22-12-13-23-18-9-8-16(20)14-17(18)19(22)15-6-4-3-5-7-15/h3-9,14,19H,10-13H2,1-2H3. The van der Waals surface area contributed by atoms with Gasteiger partial charge in [-0.1, -0.05) is 41.9 Å². The van der Waals surface area contributed by atoms with E-state index in [-0.39, 0.29) is 6.04 Å². The Morgan fingerprint density at radius 2 is 1.96 bits per heavy atom. The van der Waals surface area contributed by atoms with E-state index in [1.165, 1.54) is 5.56 Å². The van der Waals surface area contributed by atoms with E-state index >= 15 is 0 Å². The molecule has 1 heterocycles. The van der Waals surface area contributed by atoms with Crippen molar-refractivity contribution in [2.75, 3.05) is 40.3 Å². The van der Waals surface area contributed by atoms with Crippen molar-refractivity contribution < 1.29 is 4.74 Å². The van der Waals surface area contributed by atoms with E-state index in [2.05, 4.69) is 54.2 Å². The number of ether oxygens (including phenoxy) is 1. The average Bonchev–Trinajstić information content (AvgIpc) is 2.72. The highest BCUT2D eigenvalue weighted by Crippen LogP contribution is 2.38. The van der Waals surface area contributed by atoms with Crippen LogP contribution in [0, 0.1) is 0 Å². The average molecular weight is 331 g/mol. The van der Waals surface area contributed by atoms with Crippen LogP contribution in [0.4, 0.5) is 0 Å². The summed E-state index contributed by atoms with van der Waals surface area (Å²) in [7, 11) is 4.22. The molecule has 4 heteroatoms. The van der Waals surface area contributed by atoms with Crippen LogP contribution in [0.5, 0.6) is 5.75 Å². The van der Waals surface area contributed by atoms with E-state index in [4.69, 9.17) is 16.3 Å². The highest BCUT2D eigenvalue weighted by atomic mass is 35.5. The number of likely N-dealkylation sites (N-methyl/N-ethyl adjacent to an activating group) is 1. The fourth-order valence-corrected chi connectivity index (χ4v) is 3.24. The van der Waals surface area contributed by atoms with Gasteiger partial charge in [0, 0.05) is 30.2 Å². The van der Waals surface area contributed by atoms with Crippen LogP contribution in [0.25, 0.3) is 0 Å². The zero-order valence-corrected chi connectivity index (χ0v) is 14.5. The van der Waals surface area contributed by atoms with Crippen molar-refractivity contribution in [1.29, 1.82) is 0 Å². The van der Waals surface area contributed by atoms with E-state index < -0.39 is 0 Å². The van der Waals surface area contributed by atoms with Crippen LogP contribution in [0.1, 0.15) is 17.2 Å². The number of rotatable bonds is 4. The molecule has 1 unspecified atom stereocenters. The molecule has 2 aromatic rings. The van der Waals surface area contributed by atoms with Crippen molar-refractivity contribution in [3.05, 3.63) is 64.7 Å². The molecular weight excluding hydrogens is 308 g/mol. The van der Waals surface area contributed by atoms with Crippen LogP contribution in [-0.2, 0) is 0 Å². The van der Waals surface area contributed by atoms with Crippen LogP contribution in [0.15, 0.2) is 48.5 Å². The minimum absolute atomic E-state index is 0.173. The molecule has 0 radical (unpaired) electrons. The van der Waals surface area contributed by atoms with Crippen molar-refractivity contribution in [2.24, 2.45) is 0 Å². The molecule has 0 aromatic heterocycles. The molecule has 2 aromatic carbocycles. The molecule has 0 aliphatic carbocycles. The lowest BCUT2D eigenvalue weighted by Gasteiger charge is -2.31. The minimum atomic E-state index is 0.173. The summed E-state index contributed by atoms with van der Waals surface area (Å²) in [6.45, 7) is 3.60. The second-order valence-corrected chi connectivity index (χ2v) is 6.62. The lowest BCUT2D eigenvalue weighted by atomic mass is 9.96. The Balaban J connectivity index is 2.03. The van der Waals surface area contributed by atoms with Gasteiger partial charge in [0.15, 0.2) is 0 Å².